The van der Waals surface area contributed by atoms with Crippen molar-refractivity contribution in [3.63, 3.8) is 0 Å². The molecule has 0 saturated carbocycles. The molecule has 1 unspecified atom stereocenters. The minimum Gasteiger partial charge on any atom is -0.386 e. The molecule has 0 aliphatic heterocycles. The zero-order valence-electron chi connectivity index (χ0n) is 17.9. The Hall–Kier alpha value is -2.43. The van der Waals surface area contributed by atoms with Crippen LogP contribution in [0.5, 0.6) is 0 Å². The Labute approximate surface area is 209 Å². The van der Waals surface area contributed by atoms with Crippen LogP contribution in [0.15, 0.2) is 78.0 Å². The van der Waals surface area contributed by atoms with Crippen LogP contribution in [0.3, 0.4) is 0 Å². The monoisotopic (exact) mass is 561 g/mol. The summed E-state index contributed by atoms with van der Waals surface area (Å²) >= 11 is 1.63. The molecule has 0 amide bonds. The lowest BCUT2D eigenvalue weighted by molar-refractivity contribution is 0.184. The van der Waals surface area contributed by atoms with Gasteiger partial charge in [0.25, 0.3) is 0 Å². The largest absolute Gasteiger partial charge is 0.386 e. The van der Waals surface area contributed by atoms with E-state index in [1.54, 1.807) is 17.5 Å². The van der Waals surface area contributed by atoms with E-state index in [0.717, 1.165) is 22.4 Å². The van der Waals surface area contributed by atoms with Gasteiger partial charge in [0.2, 0.25) is 0 Å². The van der Waals surface area contributed by atoms with Crippen molar-refractivity contribution in [2.45, 2.75) is 26.1 Å². The molecule has 3 N–H and O–H groups in total. The number of rotatable bonds is 8. The lowest BCUT2D eigenvalue weighted by Crippen LogP contribution is -2.39. The quantitative estimate of drug-likeness (QED) is 0.168. The number of aliphatic hydroxyl groups excluding tert-OH is 1. The summed E-state index contributed by atoms with van der Waals surface area (Å²) in [5, 5.41) is 22.7. The van der Waals surface area contributed by atoms with Crippen LogP contribution < -0.4 is 10.6 Å². The Bertz CT molecular complexity index is 1110. The van der Waals surface area contributed by atoms with Gasteiger partial charge in [-0.1, -0.05) is 42.5 Å². The lowest BCUT2D eigenvalue weighted by Gasteiger charge is -2.15. The first kappa shape index (κ1) is 24.2. The van der Waals surface area contributed by atoms with E-state index in [4.69, 9.17) is 4.99 Å². The Morgan fingerprint density at radius 1 is 1.09 bits per heavy atom. The van der Waals surface area contributed by atoms with Crippen molar-refractivity contribution in [2.75, 3.05) is 13.1 Å². The number of benzene rings is 2. The van der Waals surface area contributed by atoms with Crippen molar-refractivity contribution in [1.82, 2.24) is 20.4 Å². The number of thiophene rings is 1. The van der Waals surface area contributed by atoms with Gasteiger partial charge < -0.3 is 15.7 Å². The maximum Gasteiger partial charge on any atom is 0.191 e. The first-order valence-electron chi connectivity index (χ1n) is 10.5. The highest BCUT2D eigenvalue weighted by atomic mass is 127. The van der Waals surface area contributed by atoms with Gasteiger partial charge in [0.15, 0.2) is 5.96 Å². The van der Waals surface area contributed by atoms with Gasteiger partial charge in [-0.15, -0.1) is 35.3 Å². The molecular weight excluding hydrogens is 533 g/mol. The first-order chi connectivity index (χ1) is 15.2. The standard InChI is InChI=1S/C24H27N5OS.HI/c1-2-25-24(27-16-21(30)23-14-18-8-5-6-11-22(18)31-23)26-15-19-9-3-4-10-20(19)17-29-13-7-12-28-29;/h3-14,21,30H,2,15-17H2,1H3,(H2,25,26,27);1H. The number of halogens is 1. The molecular formula is C24H28IN5OS. The fourth-order valence-corrected chi connectivity index (χ4v) is 4.45. The number of aromatic nitrogens is 2. The summed E-state index contributed by atoms with van der Waals surface area (Å²) in [6, 6.07) is 20.4. The Balaban J connectivity index is 0.00000289. The third-order valence-corrected chi connectivity index (χ3v) is 6.21. The number of aliphatic imine (C=N–C) groups is 1. The number of nitrogens with one attached hydrogen (secondary N) is 2. The van der Waals surface area contributed by atoms with Crippen LogP contribution in [-0.4, -0.2) is 33.9 Å². The van der Waals surface area contributed by atoms with E-state index in [2.05, 4.69) is 46.1 Å². The Morgan fingerprint density at radius 3 is 2.62 bits per heavy atom. The third-order valence-electron chi connectivity index (χ3n) is 5.00. The number of aliphatic hydroxyl groups is 1. The minimum atomic E-state index is -0.589. The van der Waals surface area contributed by atoms with Crippen LogP contribution in [0, 0.1) is 0 Å². The van der Waals surface area contributed by atoms with Gasteiger partial charge in [-0.2, -0.15) is 5.10 Å². The molecule has 0 aliphatic rings. The highest BCUT2D eigenvalue weighted by Crippen LogP contribution is 2.29. The zero-order chi connectivity index (χ0) is 21.5. The van der Waals surface area contributed by atoms with Crippen molar-refractivity contribution in [1.29, 1.82) is 0 Å². The molecule has 32 heavy (non-hydrogen) atoms. The fourth-order valence-electron chi connectivity index (χ4n) is 3.40. The van der Waals surface area contributed by atoms with Crippen LogP contribution in [0.2, 0.25) is 0 Å². The highest BCUT2D eigenvalue weighted by Gasteiger charge is 2.12. The van der Waals surface area contributed by atoms with Crippen molar-refractivity contribution in [3.05, 3.63) is 89.1 Å². The van der Waals surface area contributed by atoms with Gasteiger partial charge in [0.1, 0.15) is 6.10 Å². The van der Waals surface area contributed by atoms with E-state index < -0.39 is 6.10 Å². The number of hydrogen-bond acceptors (Lipinski definition) is 4. The van der Waals surface area contributed by atoms with Crippen LogP contribution in [0.1, 0.15) is 29.0 Å². The molecule has 2 aromatic heterocycles. The van der Waals surface area contributed by atoms with E-state index >= 15 is 0 Å². The molecule has 0 saturated heterocycles. The molecule has 0 aliphatic carbocycles. The summed E-state index contributed by atoms with van der Waals surface area (Å²) in [4.78, 5) is 5.69. The second kappa shape index (κ2) is 12.0. The second-order valence-electron chi connectivity index (χ2n) is 7.25. The molecule has 8 heteroatoms. The lowest BCUT2D eigenvalue weighted by atomic mass is 10.1. The number of guanidine groups is 1. The number of hydrogen-bond donors (Lipinski definition) is 3. The number of fused-ring (bicyclic) bond motifs is 1. The molecule has 2 aromatic carbocycles. The summed E-state index contributed by atoms with van der Waals surface area (Å²) < 4.78 is 3.10. The summed E-state index contributed by atoms with van der Waals surface area (Å²) in [6.45, 7) is 4.44. The van der Waals surface area contributed by atoms with Crippen LogP contribution >= 0.6 is 35.3 Å². The molecule has 168 valence electrons. The van der Waals surface area contributed by atoms with Crippen molar-refractivity contribution >= 4 is 51.4 Å². The van der Waals surface area contributed by atoms with Gasteiger partial charge in [0.05, 0.1) is 13.1 Å². The Morgan fingerprint density at radius 2 is 1.88 bits per heavy atom. The molecule has 0 bridgehead atoms. The van der Waals surface area contributed by atoms with Crippen molar-refractivity contribution in [2.24, 2.45) is 4.99 Å². The second-order valence-corrected chi connectivity index (χ2v) is 8.37. The molecule has 1 atom stereocenters. The third kappa shape index (κ3) is 6.30. The van der Waals surface area contributed by atoms with Gasteiger partial charge in [-0.25, -0.2) is 4.99 Å². The fraction of sp³-hybridized carbons (Fsp3) is 0.250. The van der Waals surface area contributed by atoms with Gasteiger partial charge in [0, 0.05) is 35.1 Å². The molecule has 0 fully saturated rings. The summed E-state index contributed by atoms with van der Waals surface area (Å²) in [6.07, 6.45) is 3.16. The average molecular weight is 561 g/mol. The molecule has 2 heterocycles. The van der Waals surface area contributed by atoms with E-state index in [-0.39, 0.29) is 24.0 Å². The minimum absolute atomic E-state index is 0. The normalized spacial score (nSPS) is 12.4. The first-order valence-corrected chi connectivity index (χ1v) is 11.3. The molecule has 4 rings (SSSR count). The van der Waals surface area contributed by atoms with E-state index in [1.165, 1.54) is 10.3 Å². The maximum atomic E-state index is 10.7. The predicted octanol–water partition coefficient (Wildman–Crippen LogP) is 4.55. The predicted molar refractivity (Wildman–Crippen MR) is 143 cm³/mol. The van der Waals surface area contributed by atoms with Crippen LogP contribution in [0.4, 0.5) is 0 Å². The average Bonchev–Trinajstić information content (AvgIpc) is 3.46. The van der Waals surface area contributed by atoms with Gasteiger partial charge in [-0.3, -0.25) is 4.68 Å². The molecule has 4 aromatic rings. The SMILES string of the molecule is CCNC(=NCc1ccccc1Cn1cccn1)NCC(O)c1cc2ccccc2s1.I. The number of nitrogens with zero attached hydrogens (tertiary/aromatic N) is 3. The van der Waals surface area contributed by atoms with Gasteiger partial charge >= 0.3 is 0 Å². The smallest absolute Gasteiger partial charge is 0.191 e. The summed E-state index contributed by atoms with van der Waals surface area (Å²) in [5.74, 6) is 0.691. The van der Waals surface area contributed by atoms with Gasteiger partial charge in [-0.05, 0) is 41.6 Å². The summed E-state index contributed by atoms with van der Waals surface area (Å²) in [7, 11) is 0. The van der Waals surface area contributed by atoms with Crippen molar-refractivity contribution in [3.8, 4) is 0 Å². The molecule has 0 spiro atoms. The van der Waals surface area contributed by atoms with E-state index in [9.17, 15) is 5.11 Å². The maximum absolute atomic E-state index is 10.7. The summed E-state index contributed by atoms with van der Waals surface area (Å²) in [5.41, 5.74) is 2.34. The highest BCUT2D eigenvalue weighted by molar-refractivity contribution is 14.0. The van der Waals surface area contributed by atoms with Crippen LogP contribution in [-0.2, 0) is 13.1 Å². The molecule has 6 nitrogen and oxygen atoms in total. The van der Waals surface area contributed by atoms with E-state index in [0.29, 0.717) is 25.6 Å². The zero-order valence-corrected chi connectivity index (χ0v) is 21.1. The Kier molecular flexibility index (Phi) is 9.07. The van der Waals surface area contributed by atoms with E-state index in [1.807, 2.05) is 48.1 Å². The van der Waals surface area contributed by atoms with Crippen LogP contribution in [0.25, 0.3) is 10.1 Å². The molecule has 0 radical (unpaired) electrons. The van der Waals surface area contributed by atoms with Crippen molar-refractivity contribution < 1.29 is 5.11 Å². The topological polar surface area (TPSA) is 74.5 Å².